The average Bonchev–Trinajstić information content (AvgIpc) is 3.02. The summed E-state index contributed by atoms with van der Waals surface area (Å²) < 4.78 is 13.0. The SMILES string of the molecule is CCO[C@@H]1[C@H](O)[C@@H](CO)O[C@H]1n1cnc2c(N)nc(C)nc21. The molecule has 9 heteroatoms. The van der Waals surface area contributed by atoms with Gasteiger partial charge in [-0.05, 0) is 13.8 Å². The lowest BCUT2D eigenvalue weighted by atomic mass is 10.1. The first-order valence-electron chi connectivity index (χ1n) is 7.09. The molecule has 9 nitrogen and oxygen atoms in total. The van der Waals surface area contributed by atoms with E-state index in [1.54, 1.807) is 11.5 Å². The molecule has 0 radical (unpaired) electrons. The third kappa shape index (κ3) is 2.31. The fourth-order valence-electron chi connectivity index (χ4n) is 2.70. The molecule has 4 N–H and O–H groups in total. The van der Waals surface area contributed by atoms with Gasteiger partial charge in [0.05, 0.1) is 12.9 Å². The van der Waals surface area contributed by atoms with Crippen molar-refractivity contribution in [3.05, 3.63) is 12.2 Å². The van der Waals surface area contributed by atoms with Crippen molar-refractivity contribution in [2.24, 2.45) is 0 Å². The summed E-state index contributed by atoms with van der Waals surface area (Å²) in [4.78, 5) is 12.6. The van der Waals surface area contributed by atoms with E-state index in [1.165, 1.54) is 6.33 Å². The van der Waals surface area contributed by atoms with Gasteiger partial charge in [0, 0.05) is 6.61 Å². The van der Waals surface area contributed by atoms with Crippen LogP contribution in [0.1, 0.15) is 19.0 Å². The van der Waals surface area contributed by atoms with Crippen molar-refractivity contribution < 1.29 is 19.7 Å². The van der Waals surface area contributed by atoms with Gasteiger partial charge in [0.15, 0.2) is 17.7 Å². The Bertz CT molecular complexity index is 676. The van der Waals surface area contributed by atoms with E-state index < -0.39 is 24.5 Å². The number of fused-ring (bicyclic) bond motifs is 1. The first-order chi connectivity index (χ1) is 10.6. The topological polar surface area (TPSA) is 129 Å². The largest absolute Gasteiger partial charge is 0.394 e. The Kier molecular flexibility index (Phi) is 3.96. The monoisotopic (exact) mass is 309 g/mol. The van der Waals surface area contributed by atoms with Crippen molar-refractivity contribution in [2.75, 3.05) is 18.9 Å². The van der Waals surface area contributed by atoms with Crippen molar-refractivity contribution in [1.82, 2.24) is 19.5 Å². The van der Waals surface area contributed by atoms with Gasteiger partial charge in [-0.3, -0.25) is 4.57 Å². The standard InChI is InChI=1S/C13H19N5O4/c1-3-21-10-9(20)7(4-19)22-13(10)18-5-15-8-11(14)16-6(2)17-12(8)18/h5,7,9-10,13,19-20H,3-4H2,1-2H3,(H2,14,16,17)/t7-,9-,10-,13-/m1/s1. The minimum atomic E-state index is -0.937. The van der Waals surface area contributed by atoms with E-state index >= 15 is 0 Å². The predicted octanol–water partition coefficient (Wildman–Crippen LogP) is -0.627. The molecule has 1 aliphatic heterocycles. The first-order valence-corrected chi connectivity index (χ1v) is 7.09. The van der Waals surface area contributed by atoms with Gasteiger partial charge >= 0.3 is 0 Å². The van der Waals surface area contributed by atoms with Gasteiger partial charge in [-0.25, -0.2) is 15.0 Å². The summed E-state index contributed by atoms with van der Waals surface area (Å²) in [6.07, 6.45) is -1.41. The van der Waals surface area contributed by atoms with E-state index in [1.807, 2.05) is 6.92 Å². The molecule has 3 heterocycles. The molecule has 2 aromatic heterocycles. The zero-order valence-corrected chi connectivity index (χ0v) is 12.4. The number of rotatable bonds is 4. The molecule has 0 bridgehead atoms. The smallest absolute Gasteiger partial charge is 0.167 e. The van der Waals surface area contributed by atoms with Crippen LogP contribution in [0.5, 0.6) is 0 Å². The van der Waals surface area contributed by atoms with Crippen molar-refractivity contribution in [3.63, 3.8) is 0 Å². The number of nitrogens with two attached hydrogens (primary N) is 1. The van der Waals surface area contributed by atoms with Gasteiger partial charge in [0.1, 0.15) is 29.7 Å². The average molecular weight is 309 g/mol. The summed E-state index contributed by atoms with van der Waals surface area (Å²) in [5.74, 6) is 0.795. The van der Waals surface area contributed by atoms with Crippen LogP contribution in [-0.2, 0) is 9.47 Å². The zero-order valence-electron chi connectivity index (χ0n) is 12.4. The third-order valence-corrected chi connectivity index (χ3v) is 3.69. The molecule has 0 saturated carbocycles. The normalized spacial score (nSPS) is 28.5. The Labute approximate surface area is 126 Å². The predicted molar refractivity (Wildman–Crippen MR) is 76.9 cm³/mol. The summed E-state index contributed by atoms with van der Waals surface area (Å²) in [5.41, 5.74) is 6.82. The Morgan fingerprint density at radius 1 is 1.45 bits per heavy atom. The fourth-order valence-corrected chi connectivity index (χ4v) is 2.70. The number of nitrogen functional groups attached to an aromatic ring is 1. The molecule has 0 unspecified atom stereocenters. The molecule has 2 aromatic rings. The molecule has 4 atom stereocenters. The highest BCUT2D eigenvalue weighted by Crippen LogP contribution is 2.33. The van der Waals surface area contributed by atoms with Gasteiger partial charge in [0.2, 0.25) is 0 Å². The number of imidazole rings is 1. The molecule has 3 rings (SSSR count). The Hall–Kier alpha value is -1.81. The number of aryl methyl sites for hydroxylation is 1. The number of aromatic nitrogens is 4. The number of hydrogen-bond donors (Lipinski definition) is 3. The summed E-state index contributed by atoms with van der Waals surface area (Å²) in [7, 11) is 0. The summed E-state index contributed by atoms with van der Waals surface area (Å²) in [6.45, 7) is 3.66. The lowest BCUT2D eigenvalue weighted by Gasteiger charge is -2.21. The highest BCUT2D eigenvalue weighted by atomic mass is 16.6. The zero-order chi connectivity index (χ0) is 15.9. The van der Waals surface area contributed by atoms with Crippen LogP contribution in [-0.4, -0.2) is 61.3 Å². The van der Waals surface area contributed by atoms with E-state index in [2.05, 4.69) is 15.0 Å². The molecular weight excluding hydrogens is 290 g/mol. The van der Waals surface area contributed by atoms with Crippen LogP contribution in [0.15, 0.2) is 6.33 Å². The van der Waals surface area contributed by atoms with E-state index in [0.29, 0.717) is 23.6 Å². The quantitative estimate of drug-likeness (QED) is 0.681. The lowest BCUT2D eigenvalue weighted by molar-refractivity contribution is -0.0677. The summed E-state index contributed by atoms with van der Waals surface area (Å²) >= 11 is 0. The van der Waals surface area contributed by atoms with Crippen LogP contribution in [0.25, 0.3) is 11.2 Å². The maximum absolute atomic E-state index is 10.2. The number of anilines is 1. The summed E-state index contributed by atoms with van der Waals surface area (Å²) in [5, 5.41) is 19.6. The number of ether oxygens (including phenoxy) is 2. The number of aliphatic hydroxyl groups is 2. The van der Waals surface area contributed by atoms with Crippen LogP contribution >= 0.6 is 0 Å². The molecule has 120 valence electrons. The highest BCUT2D eigenvalue weighted by Gasteiger charge is 2.45. The summed E-state index contributed by atoms with van der Waals surface area (Å²) in [6, 6.07) is 0. The molecule has 0 aromatic carbocycles. The second kappa shape index (κ2) is 5.76. The molecule has 0 spiro atoms. The van der Waals surface area contributed by atoms with Crippen LogP contribution in [0.4, 0.5) is 5.82 Å². The van der Waals surface area contributed by atoms with Gasteiger partial charge < -0.3 is 25.4 Å². The molecule has 1 fully saturated rings. The Balaban J connectivity index is 2.05. The first kappa shape index (κ1) is 15.1. The van der Waals surface area contributed by atoms with Crippen LogP contribution in [0, 0.1) is 6.92 Å². The van der Waals surface area contributed by atoms with E-state index in [4.69, 9.17) is 15.2 Å². The molecule has 0 amide bonds. The number of nitrogens with zero attached hydrogens (tertiary/aromatic N) is 4. The Morgan fingerprint density at radius 3 is 2.91 bits per heavy atom. The molecule has 22 heavy (non-hydrogen) atoms. The number of aliphatic hydroxyl groups excluding tert-OH is 2. The Morgan fingerprint density at radius 2 is 2.23 bits per heavy atom. The molecule has 1 saturated heterocycles. The van der Waals surface area contributed by atoms with Gasteiger partial charge in [-0.2, -0.15) is 0 Å². The molecule has 0 aliphatic carbocycles. The highest BCUT2D eigenvalue weighted by molar-refractivity contribution is 5.81. The van der Waals surface area contributed by atoms with Crippen molar-refractivity contribution >= 4 is 17.0 Å². The number of hydrogen-bond acceptors (Lipinski definition) is 8. The minimum absolute atomic E-state index is 0.284. The maximum Gasteiger partial charge on any atom is 0.167 e. The fraction of sp³-hybridized carbons (Fsp3) is 0.615. The molecular formula is C13H19N5O4. The van der Waals surface area contributed by atoms with Crippen molar-refractivity contribution in [2.45, 2.75) is 38.4 Å². The van der Waals surface area contributed by atoms with Gasteiger partial charge in [0.25, 0.3) is 0 Å². The van der Waals surface area contributed by atoms with E-state index in [9.17, 15) is 10.2 Å². The van der Waals surface area contributed by atoms with Crippen LogP contribution < -0.4 is 5.73 Å². The van der Waals surface area contributed by atoms with Crippen LogP contribution in [0.2, 0.25) is 0 Å². The second-order valence-corrected chi connectivity index (χ2v) is 5.14. The second-order valence-electron chi connectivity index (χ2n) is 5.14. The van der Waals surface area contributed by atoms with E-state index in [0.717, 1.165) is 0 Å². The van der Waals surface area contributed by atoms with E-state index in [-0.39, 0.29) is 12.4 Å². The van der Waals surface area contributed by atoms with Gasteiger partial charge in [-0.15, -0.1) is 0 Å². The minimum Gasteiger partial charge on any atom is -0.394 e. The van der Waals surface area contributed by atoms with Crippen molar-refractivity contribution in [1.29, 1.82) is 0 Å². The van der Waals surface area contributed by atoms with Gasteiger partial charge in [-0.1, -0.05) is 0 Å². The molecule has 1 aliphatic rings. The third-order valence-electron chi connectivity index (χ3n) is 3.69. The van der Waals surface area contributed by atoms with Crippen LogP contribution in [0.3, 0.4) is 0 Å². The maximum atomic E-state index is 10.2. The lowest BCUT2D eigenvalue weighted by Crippen LogP contribution is -2.35. The van der Waals surface area contributed by atoms with Crippen molar-refractivity contribution in [3.8, 4) is 0 Å².